The van der Waals surface area contributed by atoms with E-state index in [0.717, 1.165) is 29.7 Å². The Morgan fingerprint density at radius 2 is 2.18 bits per heavy atom. The molecule has 1 saturated heterocycles. The van der Waals surface area contributed by atoms with Crippen molar-refractivity contribution in [2.24, 2.45) is 5.73 Å². The number of fused-ring (bicyclic) bond motifs is 1. The van der Waals surface area contributed by atoms with Gasteiger partial charge in [-0.3, -0.25) is 4.79 Å². The molecule has 3 rings (SSSR count). The summed E-state index contributed by atoms with van der Waals surface area (Å²) in [7, 11) is 2.02. The number of carbonyl (C=O) groups is 1. The van der Waals surface area contributed by atoms with Crippen LogP contribution in [0.15, 0.2) is 12.1 Å². The zero-order chi connectivity index (χ0) is 15.9. The summed E-state index contributed by atoms with van der Waals surface area (Å²) in [5.41, 5.74) is 10.4. The Bertz CT molecular complexity index is 719. The van der Waals surface area contributed by atoms with Gasteiger partial charge in [0.1, 0.15) is 0 Å². The third kappa shape index (κ3) is 2.35. The highest BCUT2D eigenvalue weighted by Crippen LogP contribution is 2.34. The van der Waals surface area contributed by atoms with E-state index in [-0.39, 0.29) is 5.91 Å². The lowest BCUT2D eigenvalue weighted by molar-refractivity contribution is 0.100. The summed E-state index contributed by atoms with van der Waals surface area (Å²) in [6.07, 6.45) is 2.38. The number of rotatable bonds is 3. The van der Waals surface area contributed by atoms with Crippen molar-refractivity contribution in [2.45, 2.75) is 32.7 Å². The molecule has 0 spiro atoms. The average molecular weight is 300 g/mol. The van der Waals surface area contributed by atoms with E-state index in [1.807, 2.05) is 26.1 Å². The molecule has 1 aromatic carbocycles. The van der Waals surface area contributed by atoms with E-state index in [0.29, 0.717) is 11.6 Å². The number of hydrogen-bond donors (Lipinski definition) is 3. The third-order valence-electron chi connectivity index (χ3n) is 4.87. The van der Waals surface area contributed by atoms with Gasteiger partial charge in [-0.25, -0.2) is 0 Å². The van der Waals surface area contributed by atoms with Crippen molar-refractivity contribution in [1.82, 2.24) is 10.3 Å². The van der Waals surface area contributed by atoms with Gasteiger partial charge in [-0.15, -0.1) is 0 Å². The molecule has 0 unspecified atom stereocenters. The van der Waals surface area contributed by atoms with Crippen LogP contribution in [0.4, 0.5) is 5.69 Å². The van der Waals surface area contributed by atoms with Crippen molar-refractivity contribution in [3.63, 3.8) is 0 Å². The van der Waals surface area contributed by atoms with Crippen molar-refractivity contribution >= 4 is 22.5 Å². The number of primary amides is 1. The topological polar surface area (TPSA) is 74.2 Å². The van der Waals surface area contributed by atoms with Gasteiger partial charge in [0.2, 0.25) is 0 Å². The lowest BCUT2D eigenvalue weighted by atomic mass is 10.0. The number of aromatic nitrogens is 1. The Balaban J connectivity index is 2.14. The van der Waals surface area contributed by atoms with Crippen molar-refractivity contribution in [2.75, 3.05) is 25.0 Å². The Morgan fingerprint density at radius 1 is 1.41 bits per heavy atom. The van der Waals surface area contributed by atoms with Gasteiger partial charge in [0.25, 0.3) is 5.91 Å². The van der Waals surface area contributed by atoms with E-state index >= 15 is 0 Å². The van der Waals surface area contributed by atoms with Gasteiger partial charge in [0.05, 0.1) is 11.1 Å². The number of nitrogens with one attached hydrogen (secondary N) is 2. The van der Waals surface area contributed by atoms with Crippen LogP contribution in [0.5, 0.6) is 0 Å². The molecule has 2 aromatic rings. The van der Waals surface area contributed by atoms with Crippen molar-refractivity contribution in [3.05, 3.63) is 29.0 Å². The maximum absolute atomic E-state index is 11.7. The van der Waals surface area contributed by atoms with Gasteiger partial charge in [-0.05, 0) is 51.4 Å². The monoisotopic (exact) mass is 300 g/mol. The molecule has 1 aromatic heterocycles. The van der Waals surface area contributed by atoms with Gasteiger partial charge in [0, 0.05) is 35.9 Å². The van der Waals surface area contributed by atoms with Crippen LogP contribution < -0.4 is 16.0 Å². The highest BCUT2D eigenvalue weighted by atomic mass is 16.1. The molecule has 1 atom stereocenters. The minimum atomic E-state index is -0.385. The van der Waals surface area contributed by atoms with Gasteiger partial charge < -0.3 is 20.9 Å². The second kappa shape index (κ2) is 5.65. The summed E-state index contributed by atoms with van der Waals surface area (Å²) in [4.78, 5) is 17.5. The van der Waals surface area contributed by atoms with Gasteiger partial charge >= 0.3 is 0 Å². The van der Waals surface area contributed by atoms with Crippen LogP contribution in [0.25, 0.3) is 10.9 Å². The lowest BCUT2D eigenvalue weighted by Crippen LogP contribution is -2.44. The number of carbonyl (C=O) groups excluding carboxylic acids is 1. The van der Waals surface area contributed by atoms with Crippen LogP contribution >= 0.6 is 0 Å². The summed E-state index contributed by atoms with van der Waals surface area (Å²) < 4.78 is 0. The number of aromatic amines is 1. The predicted molar refractivity (Wildman–Crippen MR) is 90.6 cm³/mol. The van der Waals surface area contributed by atoms with E-state index in [1.165, 1.54) is 24.1 Å². The average Bonchev–Trinajstić information content (AvgIpc) is 2.82. The zero-order valence-electron chi connectivity index (χ0n) is 13.5. The fourth-order valence-electron chi connectivity index (χ4n) is 3.47. The first-order valence-electron chi connectivity index (χ1n) is 7.86. The van der Waals surface area contributed by atoms with Gasteiger partial charge in [0.15, 0.2) is 0 Å². The Labute approximate surface area is 130 Å². The van der Waals surface area contributed by atoms with Gasteiger partial charge in [-0.1, -0.05) is 0 Å². The molecule has 0 aliphatic carbocycles. The van der Waals surface area contributed by atoms with Crippen LogP contribution in [0.1, 0.15) is 34.5 Å². The van der Waals surface area contributed by atoms with Crippen LogP contribution in [-0.4, -0.2) is 37.1 Å². The first-order chi connectivity index (χ1) is 10.5. The lowest BCUT2D eigenvalue weighted by Gasteiger charge is -2.35. The summed E-state index contributed by atoms with van der Waals surface area (Å²) in [5.74, 6) is -0.385. The molecule has 2 heterocycles. The quantitative estimate of drug-likeness (QED) is 0.812. The number of H-pyrrole nitrogens is 1. The molecule has 5 nitrogen and oxygen atoms in total. The summed E-state index contributed by atoms with van der Waals surface area (Å²) >= 11 is 0. The maximum Gasteiger partial charge on any atom is 0.250 e. The van der Waals surface area contributed by atoms with Crippen molar-refractivity contribution in [3.8, 4) is 0 Å². The highest BCUT2D eigenvalue weighted by Gasteiger charge is 2.23. The number of benzene rings is 1. The fourth-order valence-corrected chi connectivity index (χ4v) is 3.47. The molecular weight excluding hydrogens is 276 g/mol. The number of nitrogens with two attached hydrogens (primary N) is 1. The molecule has 1 fully saturated rings. The van der Waals surface area contributed by atoms with E-state index in [9.17, 15) is 4.79 Å². The Kier molecular flexibility index (Phi) is 3.83. The minimum Gasteiger partial charge on any atom is -0.369 e. The van der Waals surface area contributed by atoms with Crippen LogP contribution in [0.3, 0.4) is 0 Å². The molecule has 0 radical (unpaired) electrons. The fraction of sp³-hybridized carbons (Fsp3) is 0.471. The molecule has 22 heavy (non-hydrogen) atoms. The number of aryl methyl sites for hydroxylation is 2. The van der Waals surface area contributed by atoms with E-state index in [2.05, 4.69) is 22.1 Å². The summed E-state index contributed by atoms with van der Waals surface area (Å²) in [6.45, 7) is 6.18. The third-order valence-corrected chi connectivity index (χ3v) is 4.87. The normalized spacial score (nSPS) is 18.9. The van der Waals surface area contributed by atoms with Crippen LogP contribution in [0, 0.1) is 13.8 Å². The minimum absolute atomic E-state index is 0.385. The molecule has 1 amide bonds. The van der Waals surface area contributed by atoms with Crippen LogP contribution in [0.2, 0.25) is 0 Å². The molecule has 1 aliphatic heterocycles. The second-order valence-corrected chi connectivity index (χ2v) is 6.20. The number of nitrogens with zero attached hydrogens (tertiary/aromatic N) is 1. The largest absolute Gasteiger partial charge is 0.369 e. The smallest absolute Gasteiger partial charge is 0.250 e. The SMILES string of the molecule is CN[C@@H]1CCCN(c2ccc(C(N)=O)c3[nH]c(C)c(C)c23)C1. The molecule has 5 heteroatoms. The number of piperidine rings is 1. The first-order valence-corrected chi connectivity index (χ1v) is 7.86. The number of hydrogen-bond acceptors (Lipinski definition) is 3. The number of amides is 1. The van der Waals surface area contributed by atoms with Crippen molar-refractivity contribution in [1.29, 1.82) is 0 Å². The van der Waals surface area contributed by atoms with Gasteiger partial charge in [-0.2, -0.15) is 0 Å². The second-order valence-electron chi connectivity index (χ2n) is 6.20. The Morgan fingerprint density at radius 3 is 2.86 bits per heavy atom. The van der Waals surface area contributed by atoms with E-state index in [1.54, 1.807) is 0 Å². The number of anilines is 1. The first kappa shape index (κ1) is 14.9. The molecule has 4 N–H and O–H groups in total. The number of likely N-dealkylation sites (N-methyl/N-ethyl adjacent to an activating group) is 1. The predicted octanol–water partition coefficient (Wildman–Crippen LogP) is 2.07. The molecule has 1 aliphatic rings. The molecule has 0 bridgehead atoms. The Hall–Kier alpha value is -2.01. The highest BCUT2D eigenvalue weighted by molar-refractivity contribution is 6.10. The summed E-state index contributed by atoms with van der Waals surface area (Å²) in [5, 5.41) is 4.51. The van der Waals surface area contributed by atoms with E-state index < -0.39 is 0 Å². The molecular formula is C17H24N4O. The van der Waals surface area contributed by atoms with E-state index in [4.69, 9.17) is 5.73 Å². The van der Waals surface area contributed by atoms with Crippen LogP contribution in [-0.2, 0) is 0 Å². The summed E-state index contributed by atoms with van der Waals surface area (Å²) in [6, 6.07) is 4.40. The van der Waals surface area contributed by atoms with Crippen molar-refractivity contribution < 1.29 is 4.79 Å². The standard InChI is InChI=1S/C17H24N4O/c1-10-11(2)20-16-13(17(18)22)6-7-14(15(10)16)21-8-4-5-12(9-21)19-3/h6-7,12,19-20H,4-5,8-9H2,1-3H3,(H2,18,22)/t12-/m1/s1. The molecule has 118 valence electrons. The maximum atomic E-state index is 11.7. The zero-order valence-corrected chi connectivity index (χ0v) is 13.5. The molecule has 0 saturated carbocycles.